The number of sulfonamides is 1. The molecule has 0 aliphatic carbocycles. The number of hydrogen-bond acceptors (Lipinski definition) is 6. The Morgan fingerprint density at radius 1 is 1.47 bits per heavy atom. The van der Waals surface area contributed by atoms with Crippen molar-refractivity contribution in [2.24, 2.45) is 0 Å². The zero-order valence-corrected chi connectivity index (χ0v) is 12.6. The van der Waals surface area contributed by atoms with E-state index < -0.39 is 14.9 Å². The largest absolute Gasteiger partial charge is 0.317 e. The van der Waals surface area contributed by atoms with Gasteiger partial charge < -0.3 is 5.32 Å². The standard InChI is InChI=1S/C9H14ClN3O4S2/c1-2-11-4-3-5-12-19(16,17)8-6-7(13(14)15)9(10)18-8/h6,11-12H,2-5H2,1H3. The summed E-state index contributed by atoms with van der Waals surface area (Å²) < 4.78 is 25.8. The van der Waals surface area contributed by atoms with Crippen LogP contribution in [0.15, 0.2) is 10.3 Å². The van der Waals surface area contributed by atoms with Gasteiger partial charge in [-0.1, -0.05) is 18.5 Å². The number of nitrogens with one attached hydrogen (secondary N) is 2. The summed E-state index contributed by atoms with van der Waals surface area (Å²) in [7, 11) is -3.73. The van der Waals surface area contributed by atoms with Crippen molar-refractivity contribution in [2.75, 3.05) is 19.6 Å². The maximum Gasteiger partial charge on any atom is 0.300 e. The molecule has 0 saturated carbocycles. The van der Waals surface area contributed by atoms with Gasteiger partial charge in [-0.2, -0.15) is 0 Å². The van der Waals surface area contributed by atoms with Crippen LogP contribution in [0.2, 0.25) is 4.34 Å². The summed E-state index contributed by atoms with van der Waals surface area (Å²) in [5.74, 6) is 0. The molecular weight excluding hydrogens is 314 g/mol. The molecule has 0 bridgehead atoms. The molecule has 1 rings (SSSR count). The summed E-state index contributed by atoms with van der Waals surface area (Å²) in [6.45, 7) is 3.74. The minimum atomic E-state index is -3.73. The lowest BCUT2D eigenvalue weighted by atomic mass is 10.4. The first-order valence-corrected chi connectivity index (χ1v) is 8.20. The molecule has 1 aromatic heterocycles. The predicted molar refractivity (Wildman–Crippen MR) is 74.3 cm³/mol. The maximum absolute atomic E-state index is 11.9. The highest BCUT2D eigenvalue weighted by Crippen LogP contribution is 2.35. The van der Waals surface area contributed by atoms with Crippen LogP contribution in [0, 0.1) is 10.1 Å². The molecule has 10 heteroatoms. The van der Waals surface area contributed by atoms with E-state index >= 15 is 0 Å². The highest BCUT2D eigenvalue weighted by atomic mass is 35.5. The molecule has 0 aliphatic rings. The highest BCUT2D eigenvalue weighted by Gasteiger charge is 2.24. The van der Waals surface area contributed by atoms with Gasteiger partial charge in [-0.3, -0.25) is 10.1 Å². The Balaban J connectivity index is 2.67. The number of thiophene rings is 1. The van der Waals surface area contributed by atoms with Crippen molar-refractivity contribution in [2.45, 2.75) is 17.6 Å². The summed E-state index contributed by atoms with van der Waals surface area (Å²) in [5.41, 5.74) is -0.389. The average molecular weight is 328 g/mol. The second-order valence-corrected chi connectivity index (χ2v) is 7.23. The first kappa shape index (κ1) is 16.3. The lowest BCUT2D eigenvalue weighted by molar-refractivity contribution is -0.384. The third-order valence-electron chi connectivity index (χ3n) is 2.18. The van der Waals surface area contributed by atoms with Crippen LogP contribution >= 0.6 is 22.9 Å². The minimum Gasteiger partial charge on any atom is -0.317 e. The summed E-state index contributed by atoms with van der Waals surface area (Å²) in [6, 6.07) is 0.972. The van der Waals surface area contributed by atoms with Crippen molar-refractivity contribution in [1.82, 2.24) is 10.0 Å². The molecule has 0 fully saturated rings. The van der Waals surface area contributed by atoms with E-state index in [4.69, 9.17) is 11.6 Å². The van der Waals surface area contributed by atoms with Gasteiger partial charge in [0.15, 0.2) is 4.34 Å². The molecule has 2 N–H and O–H groups in total. The molecule has 0 aliphatic heterocycles. The Morgan fingerprint density at radius 3 is 2.68 bits per heavy atom. The van der Waals surface area contributed by atoms with E-state index in [1.165, 1.54) is 0 Å². The van der Waals surface area contributed by atoms with Gasteiger partial charge in [0.05, 0.1) is 4.92 Å². The minimum absolute atomic E-state index is 0.141. The number of nitrogens with zero attached hydrogens (tertiary/aromatic N) is 1. The summed E-state index contributed by atoms with van der Waals surface area (Å²) in [6.07, 6.45) is 0.633. The highest BCUT2D eigenvalue weighted by molar-refractivity contribution is 7.91. The quantitative estimate of drug-likeness (QED) is 0.429. The molecule has 0 atom stereocenters. The molecule has 0 radical (unpaired) electrons. The van der Waals surface area contributed by atoms with E-state index in [0.29, 0.717) is 24.3 Å². The van der Waals surface area contributed by atoms with Crippen molar-refractivity contribution < 1.29 is 13.3 Å². The van der Waals surface area contributed by atoms with Gasteiger partial charge in [-0.15, -0.1) is 11.3 Å². The van der Waals surface area contributed by atoms with E-state index in [0.717, 1.165) is 12.6 Å². The first-order valence-electron chi connectivity index (χ1n) is 5.52. The number of halogens is 1. The fraction of sp³-hybridized carbons (Fsp3) is 0.556. The third kappa shape index (κ3) is 4.69. The fourth-order valence-corrected chi connectivity index (χ4v) is 4.05. The zero-order valence-electron chi connectivity index (χ0n) is 10.2. The van der Waals surface area contributed by atoms with Crippen molar-refractivity contribution in [1.29, 1.82) is 0 Å². The first-order chi connectivity index (χ1) is 8.88. The molecule has 0 amide bonds. The Labute approximate surface area is 120 Å². The molecule has 108 valence electrons. The van der Waals surface area contributed by atoms with Gasteiger partial charge in [-0.25, -0.2) is 13.1 Å². The molecule has 7 nitrogen and oxygen atoms in total. The monoisotopic (exact) mass is 327 g/mol. The van der Waals surface area contributed by atoms with Crippen LogP contribution in [0.25, 0.3) is 0 Å². The van der Waals surface area contributed by atoms with E-state index in [-0.39, 0.29) is 20.8 Å². The molecular formula is C9H14ClN3O4S2. The number of hydrogen-bond donors (Lipinski definition) is 2. The smallest absolute Gasteiger partial charge is 0.300 e. The Hall–Kier alpha value is -0.740. The van der Waals surface area contributed by atoms with Crippen LogP contribution in [0.4, 0.5) is 5.69 Å². The Kier molecular flexibility index (Phi) is 6.14. The molecule has 0 unspecified atom stereocenters. The van der Waals surface area contributed by atoms with Gasteiger partial charge in [0.1, 0.15) is 4.21 Å². The molecule has 19 heavy (non-hydrogen) atoms. The van der Waals surface area contributed by atoms with Crippen molar-refractivity contribution in [3.63, 3.8) is 0 Å². The van der Waals surface area contributed by atoms with Crippen LogP contribution in [0.3, 0.4) is 0 Å². The Bertz CT molecular complexity index is 544. The molecule has 1 aromatic rings. The van der Waals surface area contributed by atoms with Gasteiger partial charge in [-0.05, 0) is 19.5 Å². The van der Waals surface area contributed by atoms with E-state index in [1.807, 2.05) is 6.92 Å². The summed E-state index contributed by atoms with van der Waals surface area (Å²) in [5, 5.41) is 13.7. The lowest BCUT2D eigenvalue weighted by Crippen LogP contribution is -2.26. The SMILES string of the molecule is CCNCCCNS(=O)(=O)c1cc([N+](=O)[O-])c(Cl)s1. The zero-order chi connectivity index (χ0) is 14.5. The van der Waals surface area contributed by atoms with E-state index in [9.17, 15) is 18.5 Å². The number of nitro groups is 1. The van der Waals surface area contributed by atoms with Crippen molar-refractivity contribution in [3.8, 4) is 0 Å². The van der Waals surface area contributed by atoms with Gasteiger partial charge in [0.2, 0.25) is 10.0 Å². The average Bonchev–Trinajstić information content (AvgIpc) is 2.72. The van der Waals surface area contributed by atoms with Gasteiger partial charge in [0.25, 0.3) is 5.69 Å². The van der Waals surface area contributed by atoms with Gasteiger partial charge in [0, 0.05) is 12.6 Å². The Morgan fingerprint density at radius 2 is 2.16 bits per heavy atom. The van der Waals surface area contributed by atoms with Crippen LogP contribution < -0.4 is 10.0 Å². The lowest BCUT2D eigenvalue weighted by Gasteiger charge is -2.04. The van der Waals surface area contributed by atoms with Crippen LogP contribution in [0.5, 0.6) is 0 Å². The topological polar surface area (TPSA) is 101 Å². The second kappa shape index (κ2) is 7.15. The number of rotatable bonds is 8. The fourth-order valence-electron chi connectivity index (χ4n) is 1.26. The maximum atomic E-state index is 11.9. The van der Waals surface area contributed by atoms with Crippen LogP contribution in [0.1, 0.15) is 13.3 Å². The molecule has 0 saturated heterocycles. The van der Waals surface area contributed by atoms with Crippen molar-refractivity contribution in [3.05, 3.63) is 20.5 Å². The summed E-state index contributed by atoms with van der Waals surface area (Å²) in [4.78, 5) is 9.89. The predicted octanol–water partition coefficient (Wildman–Crippen LogP) is 1.59. The van der Waals surface area contributed by atoms with Crippen LogP contribution in [-0.2, 0) is 10.0 Å². The van der Waals surface area contributed by atoms with Gasteiger partial charge >= 0.3 is 0 Å². The van der Waals surface area contributed by atoms with Crippen LogP contribution in [-0.4, -0.2) is 33.0 Å². The normalized spacial score (nSPS) is 11.7. The third-order valence-corrected chi connectivity index (χ3v) is 5.45. The second-order valence-electron chi connectivity index (χ2n) is 3.59. The summed E-state index contributed by atoms with van der Waals surface area (Å²) >= 11 is 6.30. The van der Waals surface area contributed by atoms with Crippen molar-refractivity contribution >= 4 is 38.6 Å². The molecule has 1 heterocycles. The molecule has 0 aromatic carbocycles. The molecule has 0 spiro atoms. The van der Waals surface area contributed by atoms with E-state index in [1.54, 1.807) is 0 Å². The van der Waals surface area contributed by atoms with E-state index in [2.05, 4.69) is 10.0 Å².